The summed E-state index contributed by atoms with van der Waals surface area (Å²) in [7, 11) is 1.24. The van der Waals surface area contributed by atoms with E-state index >= 15 is 0 Å². The minimum atomic E-state index is -0.402. The molecule has 6 nitrogen and oxygen atoms in total. The van der Waals surface area contributed by atoms with Gasteiger partial charge < -0.3 is 9.31 Å². The summed E-state index contributed by atoms with van der Waals surface area (Å²) in [6.45, 7) is 9.92. The van der Waals surface area contributed by atoms with Crippen LogP contribution in [0.5, 0.6) is 0 Å². The first kappa shape index (κ1) is 16.0. The van der Waals surface area contributed by atoms with Gasteiger partial charge in [-0.05, 0) is 52.2 Å². The predicted molar refractivity (Wildman–Crippen MR) is 89.3 cm³/mol. The van der Waals surface area contributed by atoms with Gasteiger partial charge in [-0.2, -0.15) is 5.10 Å². The van der Waals surface area contributed by atoms with Gasteiger partial charge >= 0.3 is 12.8 Å². The molecule has 3 rings (SSSR count). The highest BCUT2D eigenvalue weighted by molar-refractivity contribution is 6.62. The van der Waals surface area contributed by atoms with E-state index in [2.05, 4.69) is 5.10 Å². The van der Waals surface area contributed by atoms with Crippen LogP contribution in [0, 0.1) is 6.92 Å². The van der Waals surface area contributed by atoms with Crippen LogP contribution in [0.1, 0.15) is 33.5 Å². The zero-order valence-electron chi connectivity index (χ0n) is 14.5. The quantitative estimate of drug-likeness (QED) is 0.781. The molecule has 0 radical (unpaired) electrons. The fraction of sp³-hybridized carbons (Fsp3) is 0.500. The third kappa shape index (κ3) is 2.54. The molecule has 1 saturated heterocycles. The molecule has 0 atom stereocenters. The Labute approximate surface area is 136 Å². The van der Waals surface area contributed by atoms with Gasteiger partial charge in [-0.1, -0.05) is 12.1 Å². The van der Waals surface area contributed by atoms with Crippen molar-refractivity contribution < 1.29 is 9.31 Å². The number of benzene rings is 1. The van der Waals surface area contributed by atoms with Crippen LogP contribution in [0.15, 0.2) is 29.1 Å². The molecule has 1 aliphatic heterocycles. The molecule has 0 saturated carbocycles. The minimum Gasteiger partial charge on any atom is -0.399 e. The normalized spacial score (nSPS) is 19.3. The van der Waals surface area contributed by atoms with Crippen molar-refractivity contribution in [1.29, 1.82) is 0 Å². The monoisotopic (exact) mass is 315 g/mol. The van der Waals surface area contributed by atoms with Crippen LogP contribution in [0.4, 0.5) is 0 Å². The fourth-order valence-electron chi connectivity index (χ4n) is 2.64. The Bertz CT molecular complexity index is 774. The molecule has 0 spiro atoms. The summed E-state index contributed by atoms with van der Waals surface area (Å²) in [5.74, 6) is 0.654. The topological polar surface area (TPSA) is 58.3 Å². The number of hydrogen-bond donors (Lipinski definition) is 0. The first-order valence-corrected chi connectivity index (χ1v) is 7.71. The molecule has 1 aromatic carbocycles. The fourth-order valence-corrected chi connectivity index (χ4v) is 2.64. The van der Waals surface area contributed by atoms with Gasteiger partial charge in [0.2, 0.25) is 0 Å². The maximum atomic E-state index is 12.1. The zero-order valence-corrected chi connectivity index (χ0v) is 14.5. The highest BCUT2D eigenvalue weighted by Crippen LogP contribution is 2.36. The number of rotatable bonds is 2. The van der Waals surface area contributed by atoms with E-state index in [0.717, 1.165) is 11.2 Å². The second-order valence-corrected chi connectivity index (χ2v) is 6.97. The highest BCUT2D eigenvalue weighted by Gasteiger charge is 2.51. The SMILES string of the molecule is Cc1nn(C)c(=O)n1-c1ccc(B2OC(C)(C)C(C)(C)O2)cc1. The summed E-state index contributed by atoms with van der Waals surface area (Å²) in [4.78, 5) is 12.1. The Balaban J connectivity index is 1.91. The van der Waals surface area contributed by atoms with Crippen LogP contribution in [-0.2, 0) is 16.4 Å². The van der Waals surface area contributed by atoms with Crippen LogP contribution < -0.4 is 11.2 Å². The molecule has 23 heavy (non-hydrogen) atoms. The van der Waals surface area contributed by atoms with Crippen LogP contribution >= 0.6 is 0 Å². The third-order valence-electron chi connectivity index (χ3n) is 4.76. The smallest absolute Gasteiger partial charge is 0.399 e. The molecule has 0 bridgehead atoms. The predicted octanol–water partition coefficient (Wildman–Crippen LogP) is 1.18. The van der Waals surface area contributed by atoms with Crippen molar-refractivity contribution in [1.82, 2.24) is 14.3 Å². The lowest BCUT2D eigenvalue weighted by Crippen LogP contribution is -2.41. The van der Waals surface area contributed by atoms with E-state index in [1.165, 1.54) is 4.68 Å². The largest absolute Gasteiger partial charge is 0.494 e. The average molecular weight is 315 g/mol. The van der Waals surface area contributed by atoms with E-state index in [9.17, 15) is 4.79 Å². The summed E-state index contributed by atoms with van der Waals surface area (Å²) < 4.78 is 15.0. The summed E-state index contributed by atoms with van der Waals surface area (Å²) in [6.07, 6.45) is 0. The summed E-state index contributed by atoms with van der Waals surface area (Å²) in [5, 5.41) is 4.14. The van der Waals surface area contributed by atoms with E-state index in [-0.39, 0.29) is 16.9 Å². The number of aromatic nitrogens is 3. The Hall–Kier alpha value is -1.86. The van der Waals surface area contributed by atoms with Crippen molar-refractivity contribution in [2.45, 2.75) is 45.8 Å². The molecule has 2 aromatic rings. The molecule has 1 aliphatic rings. The third-order valence-corrected chi connectivity index (χ3v) is 4.76. The van der Waals surface area contributed by atoms with Crippen LogP contribution in [0.3, 0.4) is 0 Å². The lowest BCUT2D eigenvalue weighted by Gasteiger charge is -2.32. The Morgan fingerprint density at radius 2 is 1.57 bits per heavy atom. The molecule has 0 unspecified atom stereocenters. The van der Waals surface area contributed by atoms with Crippen molar-refractivity contribution in [2.75, 3.05) is 0 Å². The van der Waals surface area contributed by atoms with Gasteiger partial charge in [-0.15, -0.1) is 0 Å². The number of hydrogen-bond acceptors (Lipinski definition) is 4. The van der Waals surface area contributed by atoms with E-state index in [0.29, 0.717) is 5.82 Å². The average Bonchev–Trinajstić information content (AvgIpc) is 2.83. The van der Waals surface area contributed by atoms with Gasteiger partial charge in [0, 0.05) is 7.05 Å². The van der Waals surface area contributed by atoms with Crippen molar-refractivity contribution in [3.63, 3.8) is 0 Å². The molecular formula is C16H22BN3O3. The molecule has 0 N–H and O–H groups in total. The minimum absolute atomic E-state index is 0.161. The summed E-state index contributed by atoms with van der Waals surface area (Å²) in [6, 6.07) is 7.62. The van der Waals surface area contributed by atoms with Gasteiger partial charge in [0.25, 0.3) is 0 Å². The van der Waals surface area contributed by atoms with Gasteiger partial charge in [0.05, 0.1) is 16.9 Å². The van der Waals surface area contributed by atoms with E-state index in [1.54, 1.807) is 11.6 Å². The summed E-state index contributed by atoms with van der Waals surface area (Å²) in [5.41, 5.74) is 0.814. The van der Waals surface area contributed by atoms with Crippen molar-refractivity contribution >= 4 is 12.6 Å². The standard InChI is InChI=1S/C16H22BN3O3/c1-11-18-19(6)14(21)20(11)13-9-7-12(8-10-13)17-22-15(2,3)16(4,5)23-17/h7-10H,1-6H3. The highest BCUT2D eigenvalue weighted by atomic mass is 16.7. The van der Waals surface area contributed by atoms with Crippen molar-refractivity contribution in [2.24, 2.45) is 7.05 Å². The molecule has 2 heterocycles. The van der Waals surface area contributed by atoms with E-state index in [1.807, 2.05) is 58.9 Å². The maximum Gasteiger partial charge on any atom is 0.494 e. The Kier molecular flexibility index (Phi) is 3.53. The number of nitrogens with zero attached hydrogens (tertiary/aromatic N) is 3. The van der Waals surface area contributed by atoms with Gasteiger partial charge in [-0.25, -0.2) is 14.0 Å². The first-order chi connectivity index (χ1) is 10.6. The molecular weight excluding hydrogens is 293 g/mol. The lowest BCUT2D eigenvalue weighted by atomic mass is 9.79. The maximum absolute atomic E-state index is 12.1. The van der Waals surface area contributed by atoms with E-state index < -0.39 is 7.12 Å². The second-order valence-electron chi connectivity index (χ2n) is 6.97. The van der Waals surface area contributed by atoms with Crippen molar-refractivity contribution in [3.05, 3.63) is 40.6 Å². The second kappa shape index (κ2) is 5.07. The summed E-state index contributed by atoms with van der Waals surface area (Å²) >= 11 is 0. The molecule has 0 aliphatic carbocycles. The van der Waals surface area contributed by atoms with Gasteiger partial charge in [0.1, 0.15) is 5.82 Å². The van der Waals surface area contributed by atoms with E-state index in [4.69, 9.17) is 9.31 Å². The zero-order chi connectivity index (χ0) is 17.0. The number of aryl methyl sites for hydroxylation is 2. The van der Waals surface area contributed by atoms with Gasteiger partial charge in [-0.3, -0.25) is 0 Å². The Morgan fingerprint density at radius 1 is 1.04 bits per heavy atom. The molecule has 1 fully saturated rings. The lowest BCUT2D eigenvalue weighted by molar-refractivity contribution is 0.00578. The van der Waals surface area contributed by atoms with Gasteiger partial charge in [0.15, 0.2) is 0 Å². The molecule has 1 aromatic heterocycles. The first-order valence-electron chi connectivity index (χ1n) is 7.71. The van der Waals surface area contributed by atoms with Crippen LogP contribution in [0.2, 0.25) is 0 Å². The van der Waals surface area contributed by atoms with Crippen LogP contribution in [-0.4, -0.2) is 32.7 Å². The molecule has 7 heteroatoms. The van der Waals surface area contributed by atoms with Crippen molar-refractivity contribution in [3.8, 4) is 5.69 Å². The Morgan fingerprint density at radius 3 is 2.00 bits per heavy atom. The molecule has 0 amide bonds. The van der Waals surface area contributed by atoms with Crippen LogP contribution in [0.25, 0.3) is 5.69 Å². The molecule has 122 valence electrons.